The lowest BCUT2D eigenvalue weighted by Gasteiger charge is -2.30. The number of nitrogens with zero attached hydrogens (tertiary/aromatic N) is 1. The van der Waals surface area contributed by atoms with Gasteiger partial charge in [-0.15, -0.1) is 0 Å². The number of esters is 1. The SMILES string of the molecule is CC/C=C\C/C=C\C/C=C\C/C=C\C/C=C\CCCCCCCCCCCC(=O)OC(/C=C/CCCCCCCCCCCC)C(COP(=O)([O-])OCC[N+](C)(C)C)NC(=O)CCCCCCCCCCCCC/C=C\C/C=C\C/C=C\C/C=C\CCCCC. The van der Waals surface area contributed by atoms with E-state index >= 15 is 0 Å². The number of likely N-dealkylation sites (N-methyl/N-ethyl adjacent to an activating group) is 1. The number of ether oxygens (including phenoxy) is 1. The van der Waals surface area contributed by atoms with Gasteiger partial charge in [0.05, 0.1) is 33.8 Å². The lowest BCUT2D eigenvalue weighted by Crippen LogP contribution is -2.47. The molecule has 0 bridgehead atoms. The molecule has 0 saturated heterocycles. The normalized spacial score (nSPS) is 14.2. The van der Waals surface area contributed by atoms with Crippen molar-refractivity contribution in [3.8, 4) is 0 Å². The van der Waals surface area contributed by atoms with Gasteiger partial charge < -0.3 is 28.5 Å². The Kier molecular flexibility index (Phi) is 65.6. The Hall–Kier alpha value is -3.59. The Morgan fingerprint density at radius 2 is 0.711 bits per heavy atom. The van der Waals surface area contributed by atoms with Crippen LogP contribution in [0.2, 0.25) is 0 Å². The van der Waals surface area contributed by atoms with Crippen LogP contribution >= 0.6 is 7.82 Å². The van der Waals surface area contributed by atoms with Crippen molar-refractivity contribution >= 4 is 19.7 Å². The molecule has 0 radical (unpaired) electrons. The van der Waals surface area contributed by atoms with E-state index in [2.05, 4.69) is 135 Å². The largest absolute Gasteiger partial charge is 0.756 e. The van der Waals surface area contributed by atoms with E-state index in [4.69, 9.17) is 13.8 Å². The summed E-state index contributed by atoms with van der Waals surface area (Å²) in [7, 11) is 1.17. The number of phosphoric acid groups is 1. The van der Waals surface area contributed by atoms with Gasteiger partial charge in [0.1, 0.15) is 19.3 Å². The Morgan fingerprint density at radius 3 is 1.09 bits per heavy atom. The maximum absolute atomic E-state index is 13.6. The number of carbonyl (C=O) groups excluding carboxylic acids is 2. The summed E-state index contributed by atoms with van der Waals surface area (Å²) in [6.45, 7) is 6.71. The average Bonchev–Trinajstić information content (AvgIpc) is 3.11. The van der Waals surface area contributed by atoms with Crippen LogP contribution in [0.1, 0.15) is 323 Å². The first-order chi connectivity index (χ1) is 43.9. The molecule has 0 aromatic rings. The van der Waals surface area contributed by atoms with Crippen LogP contribution in [0.5, 0.6) is 0 Å². The second-order valence-electron chi connectivity index (χ2n) is 26.1. The van der Waals surface area contributed by atoms with Gasteiger partial charge in [0.15, 0.2) is 0 Å². The molecule has 90 heavy (non-hydrogen) atoms. The predicted octanol–water partition coefficient (Wildman–Crippen LogP) is 23.5. The number of hydrogen-bond donors (Lipinski definition) is 1. The topological polar surface area (TPSA) is 114 Å². The summed E-state index contributed by atoms with van der Waals surface area (Å²) in [5.74, 6) is -0.550. The zero-order valence-electron chi connectivity index (χ0n) is 59.3. The van der Waals surface area contributed by atoms with Crippen LogP contribution in [0.25, 0.3) is 0 Å². The van der Waals surface area contributed by atoms with Crippen molar-refractivity contribution in [2.24, 2.45) is 0 Å². The molecule has 1 N–H and O–H groups in total. The molecule has 0 saturated carbocycles. The van der Waals surface area contributed by atoms with Crippen LogP contribution in [0.4, 0.5) is 0 Å². The first-order valence-corrected chi connectivity index (χ1v) is 38.8. The molecule has 3 unspecified atom stereocenters. The highest BCUT2D eigenvalue weighted by molar-refractivity contribution is 7.45. The molecular formula is C80H141N2O7P. The molecule has 0 fully saturated rings. The first-order valence-electron chi connectivity index (χ1n) is 37.3. The molecule has 518 valence electrons. The lowest BCUT2D eigenvalue weighted by molar-refractivity contribution is -0.870. The molecule has 0 aliphatic carbocycles. The van der Waals surface area contributed by atoms with Crippen molar-refractivity contribution in [2.45, 2.75) is 335 Å². The van der Waals surface area contributed by atoms with Gasteiger partial charge in [-0.05, 0) is 122 Å². The van der Waals surface area contributed by atoms with E-state index in [0.717, 1.165) is 128 Å². The van der Waals surface area contributed by atoms with Crippen molar-refractivity contribution < 1.29 is 37.3 Å². The second-order valence-corrected chi connectivity index (χ2v) is 27.5. The Labute approximate surface area is 556 Å². The van der Waals surface area contributed by atoms with Gasteiger partial charge in [-0.25, -0.2) is 0 Å². The van der Waals surface area contributed by atoms with E-state index in [0.29, 0.717) is 17.4 Å². The van der Waals surface area contributed by atoms with E-state index in [-0.39, 0.29) is 24.9 Å². The van der Waals surface area contributed by atoms with Crippen molar-refractivity contribution in [2.75, 3.05) is 40.9 Å². The third kappa shape index (κ3) is 68.8. The Bertz CT molecular complexity index is 1960. The number of allylic oxidation sites excluding steroid dienone is 19. The van der Waals surface area contributed by atoms with Crippen LogP contribution in [-0.4, -0.2) is 69.4 Å². The molecule has 0 heterocycles. The third-order valence-corrected chi connectivity index (χ3v) is 17.1. The van der Waals surface area contributed by atoms with E-state index in [1.165, 1.54) is 161 Å². The minimum Gasteiger partial charge on any atom is -0.756 e. The van der Waals surface area contributed by atoms with E-state index < -0.39 is 26.6 Å². The minimum absolute atomic E-state index is 0.0290. The number of rotatable bonds is 67. The van der Waals surface area contributed by atoms with Crippen LogP contribution < -0.4 is 10.2 Å². The van der Waals surface area contributed by atoms with Gasteiger partial charge in [-0.1, -0.05) is 310 Å². The molecule has 0 rings (SSSR count). The summed E-state index contributed by atoms with van der Waals surface area (Å²) in [6.07, 6.45) is 96.1. The van der Waals surface area contributed by atoms with Crippen molar-refractivity contribution in [1.29, 1.82) is 0 Å². The Balaban J connectivity index is 5.04. The van der Waals surface area contributed by atoms with Crippen molar-refractivity contribution in [3.63, 3.8) is 0 Å². The van der Waals surface area contributed by atoms with E-state index in [9.17, 15) is 19.0 Å². The van der Waals surface area contributed by atoms with Crippen LogP contribution in [-0.2, 0) is 27.9 Å². The van der Waals surface area contributed by atoms with Crippen LogP contribution in [0.3, 0.4) is 0 Å². The highest BCUT2D eigenvalue weighted by atomic mass is 31.2. The zero-order valence-corrected chi connectivity index (χ0v) is 60.2. The van der Waals surface area contributed by atoms with Gasteiger partial charge in [0.25, 0.3) is 7.82 Å². The summed E-state index contributed by atoms with van der Waals surface area (Å²) < 4.78 is 30.5. The molecule has 10 heteroatoms. The lowest BCUT2D eigenvalue weighted by atomic mass is 10.0. The van der Waals surface area contributed by atoms with Gasteiger partial charge in [-0.3, -0.25) is 14.2 Å². The first kappa shape index (κ1) is 86.4. The summed E-state index contributed by atoms with van der Waals surface area (Å²) in [5, 5.41) is 3.04. The highest BCUT2D eigenvalue weighted by Crippen LogP contribution is 2.38. The summed E-state index contributed by atoms with van der Waals surface area (Å²) in [4.78, 5) is 40.3. The van der Waals surface area contributed by atoms with Gasteiger partial charge in [0, 0.05) is 12.8 Å². The fourth-order valence-electron chi connectivity index (χ4n) is 10.4. The third-order valence-electron chi connectivity index (χ3n) is 16.1. The van der Waals surface area contributed by atoms with Crippen LogP contribution in [0.15, 0.2) is 122 Å². The molecular weight excluding hydrogens is 1130 g/mol. The number of amides is 1. The molecule has 3 atom stereocenters. The fourth-order valence-corrected chi connectivity index (χ4v) is 11.1. The summed E-state index contributed by atoms with van der Waals surface area (Å²) >= 11 is 0. The number of quaternary nitrogens is 1. The summed E-state index contributed by atoms with van der Waals surface area (Å²) in [5.41, 5.74) is 0. The van der Waals surface area contributed by atoms with Crippen molar-refractivity contribution in [3.05, 3.63) is 122 Å². The van der Waals surface area contributed by atoms with Gasteiger partial charge >= 0.3 is 5.97 Å². The molecule has 0 aromatic carbocycles. The molecule has 0 spiro atoms. The number of nitrogens with one attached hydrogen (secondary N) is 1. The zero-order chi connectivity index (χ0) is 65.6. The molecule has 0 aliphatic rings. The number of unbranched alkanes of at least 4 members (excludes halogenated alkanes) is 33. The highest BCUT2D eigenvalue weighted by Gasteiger charge is 2.27. The molecule has 1 amide bonds. The maximum atomic E-state index is 13.6. The Morgan fingerprint density at radius 1 is 0.400 bits per heavy atom. The quantitative estimate of drug-likeness (QED) is 0.0212. The number of hydrogen-bond acceptors (Lipinski definition) is 7. The molecule has 0 aliphatic heterocycles. The summed E-state index contributed by atoms with van der Waals surface area (Å²) in [6, 6.07) is -0.902. The van der Waals surface area contributed by atoms with Crippen molar-refractivity contribution in [1.82, 2.24) is 5.32 Å². The smallest absolute Gasteiger partial charge is 0.306 e. The average molecular weight is 1270 g/mol. The number of phosphoric ester groups is 1. The predicted molar refractivity (Wildman–Crippen MR) is 390 cm³/mol. The van der Waals surface area contributed by atoms with Crippen LogP contribution in [0, 0.1) is 0 Å². The monoisotopic (exact) mass is 1270 g/mol. The molecule has 0 aromatic heterocycles. The number of carbonyl (C=O) groups is 2. The fraction of sp³-hybridized carbons (Fsp3) is 0.725. The van der Waals surface area contributed by atoms with E-state index in [1.54, 1.807) is 0 Å². The minimum atomic E-state index is -4.72. The van der Waals surface area contributed by atoms with E-state index in [1.807, 2.05) is 33.3 Å². The van der Waals surface area contributed by atoms with Gasteiger partial charge in [-0.2, -0.15) is 0 Å². The van der Waals surface area contributed by atoms with Gasteiger partial charge in [0.2, 0.25) is 5.91 Å². The standard InChI is InChI=1S/C80H141N2O7P/c1-7-10-13-16-19-22-25-28-30-32-34-36-38-40-41-43-44-46-48-50-52-54-57-60-63-66-69-72-79(83)81-77(76-88-90(85,86)87-75-74-82(4,5)6)78(71-68-65-62-59-56-27-24-21-18-15-12-9-3)89-80(84)73-70-67-64-61-58-55-53-51-49-47-45-42-39-37-35-33-31-29-26-23-20-17-14-11-8-2/h11,14,19-20,22-23,28-31,34-37,40-42,45,68,71,77-78H,7-10,12-13,15-18,21,24-27,32-33,38-39,43-44,46-67,69-70,72-76H2,1-6H3,(H-,81,83,85,86)/b14-11-,22-19-,23-20-,30-28-,31-29-,36-34-,37-35-,41-40-,45-42-,71-68+. The maximum Gasteiger partial charge on any atom is 0.306 e. The second kappa shape index (κ2) is 68.3. The molecule has 9 nitrogen and oxygen atoms in total.